The number of aryl methyl sites for hydroxylation is 1. The first-order chi connectivity index (χ1) is 8.93. The Morgan fingerprint density at radius 1 is 1.42 bits per heavy atom. The highest BCUT2D eigenvalue weighted by Gasteiger charge is 2.16. The van der Waals surface area contributed by atoms with E-state index in [1.54, 1.807) is 19.9 Å². The Labute approximate surface area is 117 Å². The SMILES string of the molecule is CCCNC(=O)C(C)NC(=O)c1cc(C)nc(Cl)c1. The number of carbonyl (C=O) groups excluding carboxylic acids is 2. The van der Waals surface area contributed by atoms with Crippen molar-refractivity contribution in [2.24, 2.45) is 0 Å². The van der Waals surface area contributed by atoms with Gasteiger partial charge in [0.05, 0.1) is 0 Å². The van der Waals surface area contributed by atoms with Crippen molar-refractivity contribution in [2.45, 2.75) is 33.2 Å². The summed E-state index contributed by atoms with van der Waals surface area (Å²) in [4.78, 5) is 27.6. The third-order valence-electron chi connectivity index (χ3n) is 2.47. The quantitative estimate of drug-likeness (QED) is 0.808. The number of aromatic nitrogens is 1. The standard InChI is InChI=1S/C13H18ClN3O2/c1-4-5-15-12(18)9(3)17-13(19)10-6-8(2)16-11(14)7-10/h6-7,9H,4-5H2,1-3H3,(H,15,18)(H,17,19). The van der Waals surface area contributed by atoms with Crippen LogP contribution in [0.15, 0.2) is 12.1 Å². The molecule has 0 radical (unpaired) electrons. The Bertz CT molecular complexity index is 457. The first-order valence-corrected chi connectivity index (χ1v) is 6.54. The fraction of sp³-hybridized carbons (Fsp3) is 0.462. The third kappa shape index (κ3) is 4.87. The minimum absolute atomic E-state index is 0.202. The molecule has 104 valence electrons. The molecule has 0 aliphatic heterocycles. The first kappa shape index (κ1) is 15.4. The maximum Gasteiger partial charge on any atom is 0.252 e. The van der Waals surface area contributed by atoms with Crippen LogP contribution in [0.1, 0.15) is 36.3 Å². The van der Waals surface area contributed by atoms with Crippen molar-refractivity contribution in [3.05, 3.63) is 28.5 Å². The summed E-state index contributed by atoms with van der Waals surface area (Å²) in [6, 6.07) is 2.50. The van der Waals surface area contributed by atoms with Crippen LogP contribution < -0.4 is 10.6 Å². The molecule has 0 aromatic carbocycles. The Hall–Kier alpha value is -1.62. The van der Waals surface area contributed by atoms with E-state index in [1.165, 1.54) is 6.07 Å². The molecule has 5 nitrogen and oxygen atoms in total. The van der Waals surface area contributed by atoms with Crippen LogP contribution in [-0.2, 0) is 4.79 Å². The van der Waals surface area contributed by atoms with Crippen LogP contribution >= 0.6 is 11.6 Å². The second kappa shape index (κ2) is 7.09. The summed E-state index contributed by atoms with van der Waals surface area (Å²) < 4.78 is 0. The Morgan fingerprint density at radius 3 is 2.68 bits per heavy atom. The number of rotatable bonds is 5. The molecular weight excluding hydrogens is 266 g/mol. The van der Waals surface area contributed by atoms with E-state index < -0.39 is 6.04 Å². The van der Waals surface area contributed by atoms with Gasteiger partial charge in [0, 0.05) is 17.8 Å². The molecule has 0 spiro atoms. The van der Waals surface area contributed by atoms with E-state index in [4.69, 9.17) is 11.6 Å². The van der Waals surface area contributed by atoms with Crippen molar-refractivity contribution in [3.8, 4) is 0 Å². The molecule has 2 amide bonds. The van der Waals surface area contributed by atoms with E-state index in [1.807, 2.05) is 6.92 Å². The zero-order valence-corrected chi connectivity index (χ0v) is 12.0. The summed E-state index contributed by atoms with van der Waals surface area (Å²) in [7, 11) is 0. The molecule has 0 saturated heterocycles. The minimum atomic E-state index is -0.591. The molecule has 0 aliphatic rings. The normalized spacial score (nSPS) is 11.8. The van der Waals surface area contributed by atoms with Gasteiger partial charge in [0.15, 0.2) is 0 Å². The summed E-state index contributed by atoms with van der Waals surface area (Å²) in [5, 5.41) is 5.60. The monoisotopic (exact) mass is 283 g/mol. The molecule has 6 heteroatoms. The van der Waals surface area contributed by atoms with Crippen LogP contribution in [0.2, 0.25) is 5.15 Å². The van der Waals surface area contributed by atoms with E-state index in [0.29, 0.717) is 17.8 Å². The van der Waals surface area contributed by atoms with Gasteiger partial charge in [0.2, 0.25) is 5.91 Å². The molecule has 0 aliphatic carbocycles. The van der Waals surface area contributed by atoms with Crippen molar-refractivity contribution >= 4 is 23.4 Å². The number of halogens is 1. The van der Waals surface area contributed by atoms with E-state index in [-0.39, 0.29) is 17.0 Å². The molecule has 1 heterocycles. The van der Waals surface area contributed by atoms with Crippen LogP contribution in [0.3, 0.4) is 0 Å². The van der Waals surface area contributed by atoms with Crippen LogP contribution in [0.5, 0.6) is 0 Å². The van der Waals surface area contributed by atoms with Crippen LogP contribution in [0, 0.1) is 6.92 Å². The number of nitrogens with one attached hydrogen (secondary N) is 2. The number of carbonyl (C=O) groups is 2. The van der Waals surface area contributed by atoms with Crippen LogP contribution in [0.4, 0.5) is 0 Å². The number of nitrogens with zero attached hydrogens (tertiary/aromatic N) is 1. The maximum atomic E-state index is 12.0. The average Bonchev–Trinajstić information content (AvgIpc) is 2.34. The number of hydrogen-bond acceptors (Lipinski definition) is 3. The van der Waals surface area contributed by atoms with E-state index in [0.717, 1.165) is 6.42 Å². The van der Waals surface area contributed by atoms with Gasteiger partial charge >= 0.3 is 0 Å². The summed E-state index contributed by atoms with van der Waals surface area (Å²) in [5.74, 6) is -0.543. The molecule has 1 unspecified atom stereocenters. The molecule has 1 atom stereocenters. The topological polar surface area (TPSA) is 71.1 Å². The van der Waals surface area contributed by atoms with Gasteiger partial charge in [0.25, 0.3) is 5.91 Å². The predicted octanol–water partition coefficient (Wildman–Crippen LogP) is 1.69. The number of hydrogen-bond donors (Lipinski definition) is 2. The fourth-order valence-electron chi connectivity index (χ4n) is 1.51. The molecule has 2 N–H and O–H groups in total. The van der Waals surface area contributed by atoms with Gasteiger partial charge in [-0.15, -0.1) is 0 Å². The molecule has 0 saturated carbocycles. The molecule has 1 aromatic heterocycles. The van der Waals surface area contributed by atoms with Gasteiger partial charge < -0.3 is 10.6 Å². The minimum Gasteiger partial charge on any atom is -0.354 e. The second-order valence-corrected chi connectivity index (χ2v) is 4.69. The Balaban J connectivity index is 2.66. The maximum absolute atomic E-state index is 12.0. The van der Waals surface area contributed by atoms with E-state index in [9.17, 15) is 9.59 Å². The lowest BCUT2D eigenvalue weighted by atomic mass is 10.2. The lowest BCUT2D eigenvalue weighted by molar-refractivity contribution is -0.122. The Morgan fingerprint density at radius 2 is 2.11 bits per heavy atom. The summed E-state index contributed by atoms with van der Waals surface area (Å²) in [5.41, 5.74) is 1.05. The van der Waals surface area contributed by atoms with Crippen molar-refractivity contribution < 1.29 is 9.59 Å². The summed E-state index contributed by atoms with van der Waals surface area (Å²) in [6.07, 6.45) is 0.853. The smallest absolute Gasteiger partial charge is 0.252 e. The highest BCUT2D eigenvalue weighted by molar-refractivity contribution is 6.29. The molecular formula is C13H18ClN3O2. The van der Waals surface area contributed by atoms with Crippen molar-refractivity contribution in [3.63, 3.8) is 0 Å². The molecule has 0 bridgehead atoms. The largest absolute Gasteiger partial charge is 0.354 e. The zero-order valence-electron chi connectivity index (χ0n) is 11.3. The van der Waals surface area contributed by atoms with Gasteiger partial charge in [-0.3, -0.25) is 9.59 Å². The molecule has 0 fully saturated rings. The van der Waals surface area contributed by atoms with E-state index >= 15 is 0 Å². The fourth-order valence-corrected chi connectivity index (χ4v) is 1.76. The van der Waals surface area contributed by atoms with Gasteiger partial charge in [-0.1, -0.05) is 18.5 Å². The lowest BCUT2D eigenvalue weighted by Crippen LogP contribution is -2.45. The predicted molar refractivity (Wildman–Crippen MR) is 74.2 cm³/mol. The summed E-state index contributed by atoms with van der Waals surface area (Å²) >= 11 is 5.79. The lowest BCUT2D eigenvalue weighted by Gasteiger charge is -2.14. The van der Waals surface area contributed by atoms with Gasteiger partial charge in [-0.25, -0.2) is 4.98 Å². The van der Waals surface area contributed by atoms with Gasteiger partial charge in [-0.2, -0.15) is 0 Å². The average molecular weight is 284 g/mol. The summed E-state index contributed by atoms with van der Waals surface area (Å²) in [6.45, 7) is 5.95. The third-order valence-corrected chi connectivity index (χ3v) is 2.67. The van der Waals surface area contributed by atoms with Crippen molar-refractivity contribution in [1.82, 2.24) is 15.6 Å². The second-order valence-electron chi connectivity index (χ2n) is 4.31. The highest BCUT2D eigenvalue weighted by atomic mass is 35.5. The Kier molecular flexibility index (Phi) is 5.76. The van der Waals surface area contributed by atoms with Gasteiger partial charge in [0.1, 0.15) is 11.2 Å². The zero-order chi connectivity index (χ0) is 14.4. The van der Waals surface area contributed by atoms with Crippen LogP contribution in [0.25, 0.3) is 0 Å². The van der Waals surface area contributed by atoms with Crippen LogP contribution in [-0.4, -0.2) is 29.4 Å². The first-order valence-electron chi connectivity index (χ1n) is 6.16. The molecule has 1 rings (SSSR count). The number of pyridine rings is 1. The van der Waals surface area contributed by atoms with Gasteiger partial charge in [-0.05, 0) is 32.4 Å². The highest BCUT2D eigenvalue weighted by Crippen LogP contribution is 2.10. The van der Waals surface area contributed by atoms with Crippen molar-refractivity contribution in [1.29, 1.82) is 0 Å². The van der Waals surface area contributed by atoms with E-state index in [2.05, 4.69) is 15.6 Å². The molecule has 1 aromatic rings. The van der Waals surface area contributed by atoms with Crippen molar-refractivity contribution in [2.75, 3.05) is 6.54 Å². The molecule has 19 heavy (non-hydrogen) atoms. The number of amides is 2.